The zero-order valence-corrected chi connectivity index (χ0v) is 15.1. The van der Waals surface area contributed by atoms with Crippen LogP contribution < -0.4 is 15.0 Å². The van der Waals surface area contributed by atoms with E-state index in [1.54, 1.807) is 7.11 Å². The molecule has 2 rings (SSSR count). The van der Waals surface area contributed by atoms with E-state index < -0.39 is 0 Å². The molecule has 1 aliphatic heterocycles. The summed E-state index contributed by atoms with van der Waals surface area (Å²) in [5.74, 6) is 0.710. The second-order valence-corrected chi connectivity index (χ2v) is 6.47. The van der Waals surface area contributed by atoms with Gasteiger partial charge in [-0.3, -0.25) is 9.69 Å². The van der Waals surface area contributed by atoms with Crippen LogP contribution in [0.3, 0.4) is 0 Å². The Kier molecular flexibility index (Phi) is 6.87. The van der Waals surface area contributed by atoms with Crippen LogP contribution in [0.1, 0.15) is 20.3 Å². The number of benzene rings is 1. The molecule has 1 amide bonds. The molecule has 1 aromatic carbocycles. The highest BCUT2D eigenvalue weighted by atomic mass is 16.5. The summed E-state index contributed by atoms with van der Waals surface area (Å²) in [6.07, 6.45) is 1.75. The molecule has 1 aromatic rings. The second-order valence-electron chi connectivity index (χ2n) is 6.47. The van der Waals surface area contributed by atoms with Gasteiger partial charge < -0.3 is 19.7 Å². The maximum absolute atomic E-state index is 10.8. The number of rotatable bonds is 8. The molecule has 0 spiro atoms. The average Bonchev–Trinajstić information content (AvgIpc) is 2.55. The lowest BCUT2D eigenvalue weighted by molar-refractivity contribution is -0.105. The minimum absolute atomic E-state index is 0.0504. The molecule has 1 saturated heterocycles. The van der Waals surface area contributed by atoms with Crippen molar-refractivity contribution in [1.29, 1.82) is 0 Å². The van der Waals surface area contributed by atoms with Gasteiger partial charge in [-0.2, -0.15) is 0 Å². The molecule has 1 unspecified atom stereocenters. The van der Waals surface area contributed by atoms with Crippen molar-refractivity contribution < 1.29 is 14.3 Å². The van der Waals surface area contributed by atoms with Crippen molar-refractivity contribution in [3.05, 3.63) is 18.2 Å². The number of nitrogens with zero attached hydrogens (tertiary/aromatic N) is 2. The van der Waals surface area contributed by atoms with Gasteiger partial charge in [-0.25, -0.2) is 0 Å². The third-order valence-corrected chi connectivity index (χ3v) is 4.34. The van der Waals surface area contributed by atoms with Crippen molar-refractivity contribution in [3.63, 3.8) is 0 Å². The number of anilines is 2. The number of amides is 1. The standard InChI is InChI=1S/C18H29N3O3/c1-14(2)24-18-11-15(5-6-17(18)19-13-22)21-9-8-20(3)16(12-21)7-10-23-4/h5-6,11,13-14,16H,7-10,12H2,1-4H3,(H,19,22). The zero-order chi connectivity index (χ0) is 17.5. The van der Waals surface area contributed by atoms with Gasteiger partial charge in [-0.05, 0) is 39.4 Å². The molecule has 1 aliphatic rings. The molecule has 0 bridgehead atoms. The van der Waals surface area contributed by atoms with Gasteiger partial charge in [0.15, 0.2) is 0 Å². The van der Waals surface area contributed by atoms with Crippen molar-refractivity contribution in [1.82, 2.24) is 4.90 Å². The largest absolute Gasteiger partial charge is 0.489 e. The van der Waals surface area contributed by atoms with Crippen LogP contribution in [0, 0.1) is 0 Å². The Balaban J connectivity index is 2.16. The number of carbonyl (C=O) groups excluding carboxylic acids is 1. The fourth-order valence-corrected chi connectivity index (χ4v) is 2.99. The van der Waals surface area contributed by atoms with Crippen molar-refractivity contribution in [2.75, 3.05) is 50.6 Å². The van der Waals surface area contributed by atoms with Crippen LogP contribution in [0.2, 0.25) is 0 Å². The first-order chi connectivity index (χ1) is 11.5. The minimum atomic E-state index is 0.0504. The summed E-state index contributed by atoms with van der Waals surface area (Å²) in [5.41, 5.74) is 1.82. The summed E-state index contributed by atoms with van der Waals surface area (Å²) in [4.78, 5) is 15.5. The van der Waals surface area contributed by atoms with Crippen molar-refractivity contribution in [2.24, 2.45) is 0 Å². The molecule has 1 N–H and O–H groups in total. The molecule has 0 radical (unpaired) electrons. The molecule has 24 heavy (non-hydrogen) atoms. The molecular weight excluding hydrogens is 306 g/mol. The number of likely N-dealkylation sites (N-methyl/N-ethyl adjacent to an activating group) is 1. The smallest absolute Gasteiger partial charge is 0.211 e. The zero-order valence-electron chi connectivity index (χ0n) is 15.1. The molecule has 0 aromatic heterocycles. The summed E-state index contributed by atoms with van der Waals surface area (Å²) < 4.78 is 11.1. The van der Waals surface area contributed by atoms with Crippen LogP contribution in [-0.2, 0) is 9.53 Å². The topological polar surface area (TPSA) is 54.0 Å². The number of hydrogen-bond acceptors (Lipinski definition) is 5. The van der Waals surface area contributed by atoms with Gasteiger partial charge in [-0.1, -0.05) is 0 Å². The third kappa shape index (κ3) is 4.85. The Morgan fingerprint density at radius 3 is 2.83 bits per heavy atom. The molecule has 1 atom stereocenters. The Labute approximate surface area is 144 Å². The van der Waals surface area contributed by atoms with Crippen molar-refractivity contribution >= 4 is 17.8 Å². The maximum Gasteiger partial charge on any atom is 0.211 e. The van der Waals surface area contributed by atoms with Gasteiger partial charge in [-0.15, -0.1) is 0 Å². The Morgan fingerprint density at radius 2 is 2.17 bits per heavy atom. The summed E-state index contributed by atoms with van der Waals surface area (Å²) in [6, 6.07) is 6.44. The van der Waals surface area contributed by atoms with Crippen molar-refractivity contribution in [2.45, 2.75) is 32.4 Å². The van der Waals surface area contributed by atoms with E-state index in [9.17, 15) is 4.79 Å². The SMILES string of the molecule is COCCC1CN(c2ccc(NC=O)c(OC(C)C)c2)CCN1C. The number of nitrogens with one attached hydrogen (secondary N) is 1. The van der Waals surface area contributed by atoms with Crippen LogP contribution in [0.5, 0.6) is 5.75 Å². The highest BCUT2D eigenvalue weighted by molar-refractivity contribution is 5.77. The molecule has 1 fully saturated rings. The van der Waals surface area contributed by atoms with Crippen LogP contribution in [0.15, 0.2) is 18.2 Å². The summed E-state index contributed by atoms with van der Waals surface area (Å²) in [6.45, 7) is 7.68. The van der Waals surface area contributed by atoms with Crippen LogP contribution >= 0.6 is 0 Å². The first-order valence-electron chi connectivity index (χ1n) is 8.50. The molecular formula is C18H29N3O3. The number of hydrogen-bond donors (Lipinski definition) is 1. The Bertz CT molecular complexity index is 536. The lowest BCUT2D eigenvalue weighted by Crippen LogP contribution is -2.51. The van der Waals surface area contributed by atoms with E-state index in [2.05, 4.69) is 22.2 Å². The summed E-state index contributed by atoms with van der Waals surface area (Å²) in [7, 11) is 3.91. The Morgan fingerprint density at radius 1 is 1.38 bits per heavy atom. The lowest BCUT2D eigenvalue weighted by Gasteiger charge is -2.40. The average molecular weight is 335 g/mol. The molecule has 0 aliphatic carbocycles. The van der Waals surface area contributed by atoms with E-state index in [0.29, 0.717) is 23.9 Å². The monoisotopic (exact) mass is 335 g/mol. The fourth-order valence-electron chi connectivity index (χ4n) is 2.99. The van der Waals surface area contributed by atoms with Gasteiger partial charge in [0.2, 0.25) is 6.41 Å². The highest BCUT2D eigenvalue weighted by Gasteiger charge is 2.24. The molecule has 1 heterocycles. The van der Waals surface area contributed by atoms with E-state index in [1.165, 1.54) is 0 Å². The van der Waals surface area contributed by atoms with Gasteiger partial charge in [0.05, 0.1) is 11.8 Å². The normalized spacial score (nSPS) is 18.7. The van der Waals surface area contributed by atoms with E-state index in [-0.39, 0.29) is 6.10 Å². The fraction of sp³-hybridized carbons (Fsp3) is 0.611. The highest BCUT2D eigenvalue weighted by Crippen LogP contribution is 2.31. The van der Waals surface area contributed by atoms with E-state index in [1.807, 2.05) is 32.0 Å². The number of carbonyl (C=O) groups is 1. The molecule has 6 nitrogen and oxygen atoms in total. The number of methoxy groups -OCH3 is 1. The third-order valence-electron chi connectivity index (χ3n) is 4.34. The first kappa shape index (κ1) is 18.5. The van der Waals surface area contributed by atoms with Crippen LogP contribution in [-0.4, -0.2) is 63.9 Å². The predicted octanol–water partition coefficient (Wildman–Crippen LogP) is 2.20. The maximum atomic E-state index is 10.8. The van der Waals surface area contributed by atoms with Crippen LogP contribution in [0.25, 0.3) is 0 Å². The quantitative estimate of drug-likeness (QED) is 0.738. The summed E-state index contributed by atoms with van der Waals surface area (Å²) in [5, 5.41) is 2.71. The van der Waals surface area contributed by atoms with Crippen molar-refractivity contribution in [3.8, 4) is 5.75 Å². The number of piperazine rings is 1. The molecule has 134 valence electrons. The Hall–Kier alpha value is -1.79. The predicted molar refractivity (Wildman–Crippen MR) is 97.0 cm³/mol. The van der Waals surface area contributed by atoms with Gasteiger partial charge in [0, 0.05) is 51.1 Å². The molecule has 6 heteroatoms. The van der Waals surface area contributed by atoms with Crippen LogP contribution in [0.4, 0.5) is 11.4 Å². The van der Waals surface area contributed by atoms with Gasteiger partial charge in [0.25, 0.3) is 0 Å². The first-order valence-corrected chi connectivity index (χ1v) is 8.50. The van der Waals surface area contributed by atoms with Gasteiger partial charge in [0.1, 0.15) is 5.75 Å². The molecule has 0 saturated carbocycles. The lowest BCUT2D eigenvalue weighted by atomic mass is 10.1. The van der Waals surface area contributed by atoms with E-state index >= 15 is 0 Å². The number of ether oxygens (including phenoxy) is 2. The van der Waals surface area contributed by atoms with E-state index in [0.717, 1.165) is 38.3 Å². The second kappa shape index (κ2) is 8.89. The minimum Gasteiger partial charge on any atom is -0.489 e. The summed E-state index contributed by atoms with van der Waals surface area (Å²) >= 11 is 0. The van der Waals surface area contributed by atoms with Gasteiger partial charge >= 0.3 is 0 Å². The van der Waals surface area contributed by atoms with E-state index in [4.69, 9.17) is 9.47 Å².